The van der Waals surface area contributed by atoms with Crippen LogP contribution < -0.4 is 10.6 Å². The van der Waals surface area contributed by atoms with Crippen LogP contribution in [0.3, 0.4) is 0 Å². The van der Waals surface area contributed by atoms with E-state index in [1.54, 1.807) is 0 Å². The first-order valence-electron chi connectivity index (χ1n) is 9.43. The molecule has 1 aromatic carbocycles. The van der Waals surface area contributed by atoms with Gasteiger partial charge in [0.2, 0.25) is 11.8 Å². The van der Waals surface area contributed by atoms with Crippen LogP contribution in [-0.2, 0) is 9.59 Å². The molecule has 3 heterocycles. The lowest BCUT2D eigenvalue weighted by molar-refractivity contribution is -0.136. The lowest BCUT2D eigenvalue weighted by Crippen LogP contribution is -2.59. The van der Waals surface area contributed by atoms with Gasteiger partial charge in [-0.15, -0.1) is 0 Å². The normalized spacial score (nSPS) is 25.3. The van der Waals surface area contributed by atoms with Gasteiger partial charge in [-0.05, 0) is 44.4 Å². The van der Waals surface area contributed by atoms with Gasteiger partial charge in [0.05, 0.1) is 24.0 Å². The highest BCUT2D eigenvalue weighted by Crippen LogP contribution is 2.36. The van der Waals surface area contributed by atoms with Gasteiger partial charge in [0, 0.05) is 19.6 Å². The van der Waals surface area contributed by atoms with E-state index in [9.17, 15) is 14.7 Å². The van der Waals surface area contributed by atoms with Gasteiger partial charge in [0.1, 0.15) is 5.54 Å². The van der Waals surface area contributed by atoms with Crippen molar-refractivity contribution in [3.63, 3.8) is 0 Å². The first-order valence-corrected chi connectivity index (χ1v) is 9.43. The fourth-order valence-corrected chi connectivity index (χ4v) is 4.21. The van der Waals surface area contributed by atoms with Gasteiger partial charge >= 0.3 is 0 Å². The lowest BCUT2D eigenvalue weighted by Gasteiger charge is -2.44. The molecule has 0 aliphatic carbocycles. The number of carbonyl (C=O) groups is 2. The van der Waals surface area contributed by atoms with Crippen molar-refractivity contribution in [3.8, 4) is 0 Å². The number of aliphatic hydroxyl groups excluding tert-OH is 1. The number of carbonyl (C=O) groups excluding carboxylic acids is 2. The maximum absolute atomic E-state index is 12.7. The molecular weight excluding hydrogens is 332 g/mol. The highest BCUT2D eigenvalue weighted by molar-refractivity contribution is 6.06. The molecule has 0 saturated carbocycles. The average molecular weight is 358 g/mol. The summed E-state index contributed by atoms with van der Waals surface area (Å²) in [5.74, 6) is 0.0769. The molecule has 26 heavy (non-hydrogen) atoms. The smallest absolute Gasteiger partial charge is 0.250 e. The summed E-state index contributed by atoms with van der Waals surface area (Å²) < 4.78 is 0. The molecule has 7 nitrogen and oxygen atoms in total. The van der Waals surface area contributed by atoms with E-state index in [2.05, 4.69) is 10.6 Å². The second kappa shape index (κ2) is 6.89. The Kier molecular flexibility index (Phi) is 4.58. The Labute approximate surface area is 153 Å². The van der Waals surface area contributed by atoms with Gasteiger partial charge in [-0.2, -0.15) is 0 Å². The van der Waals surface area contributed by atoms with Crippen molar-refractivity contribution in [1.29, 1.82) is 0 Å². The summed E-state index contributed by atoms with van der Waals surface area (Å²) in [6.45, 7) is 2.92. The number of aliphatic hydroxyl groups is 1. The largest absolute Gasteiger partial charge is 0.392 e. The van der Waals surface area contributed by atoms with E-state index in [0.717, 1.165) is 30.8 Å². The zero-order valence-corrected chi connectivity index (χ0v) is 14.9. The van der Waals surface area contributed by atoms with Gasteiger partial charge < -0.3 is 20.6 Å². The van der Waals surface area contributed by atoms with E-state index in [0.29, 0.717) is 39.0 Å². The number of nitrogens with one attached hydrogen (secondary N) is 2. The molecule has 1 atom stereocenters. The van der Waals surface area contributed by atoms with Gasteiger partial charge in [-0.3, -0.25) is 14.5 Å². The van der Waals surface area contributed by atoms with Crippen molar-refractivity contribution in [1.82, 2.24) is 9.80 Å². The van der Waals surface area contributed by atoms with Crippen molar-refractivity contribution >= 4 is 23.2 Å². The molecule has 3 aliphatic rings. The highest BCUT2D eigenvalue weighted by atomic mass is 16.3. The van der Waals surface area contributed by atoms with Crippen LogP contribution in [-0.4, -0.2) is 71.1 Å². The molecular formula is C19H26N4O3. The molecule has 1 spiro atoms. The monoisotopic (exact) mass is 358 g/mol. The van der Waals surface area contributed by atoms with Crippen molar-refractivity contribution < 1.29 is 14.7 Å². The first-order chi connectivity index (χ1) is 12.6. The van der Waals surface area contributed by atoms with E-state index in [4.69, 9.17) is 0 Å². The van der Waals surface area contributed by atoms with Crippen molar-refractivity contribution in [2.45, 2.75) is 37.3 Å². The van der Waals surface area contributed by atoms with E-state index < -0.39 is 5.54 Å². The average Bonchev–Trinajstić information content (AvgIpc) is 2.63. The number of piperidine rings is 2. The van der Waals surface area contributed by atoms with Crippen LogP contribution in [0.25, 0.3) is 0 Å². The van der Waals surface area contributed by atoms with E-state index in [1.807, 2.05) is 34.1 Å². The fourth-order valence-electron chi connectivity index (χ4n) is 4.21. The number of anilines is 2. The Hall–Kier alpha value is -2.12. The molecule has 0 aromatic heterocycles. The molecule has 7 heteroatoms. The Morgan fingerprint density at radius 2 is 1.92 bits per heavy atom. The van der Waals surface area contributed by atoms with Gasteiger partial charge in [0.15, 0.2) is 0 Å². The van der Waals surface area contributed by atoms with E-state index in [1.165, 1.54) is 0 Å². The Morgan fingerprint density at radius 3 is 2.65 bits per heavy atom. The molecule has 0 bridgehead atoms. The van der Waals surface area contributed by atoms with Crippen LogP contribution in [0.5, 0.6) is 0 Å². The van der Waals surface area contributed by atoms with Crippen LogP contribution in [0, 0.1) is 0 Å². The van der Waals surface area contributed by atoms with E-state index in [-0.39, 0.29) is 17.9 Å². The number of fused-ring (bicyclic) bond motifs is 1. The van der Waals surface area contributed by atoms with Crippen molar-refractivity contribution in [2.75, 3.05) is 43.4 Å². The molecule has 1 aromatic rings. The zero-order chi connectivity index (χ0) is 18.1. The minimum Gasteiger partial charge on any atom is -0.392 e. The number of β-amino-alcohol motifs (C(OH)–C–C–N with tert-alkyl or cyclic N) is 1. The Balaban J connectivity index is 1.36. The maximum Gasteiger partial charge on any atom is 0.250 e. The number of rotatable bonds is 2. The van der Waals surface area contributed by atoms with Crippen LogP contribution in [0.2, 0.25) is 0 Å². The predicted molar refractivity (Wildman–Crippen MR) is 98.9 cm³/mol. The second-order valence-corrected chi connectivity index (χ2v) is 7.62. The number of hydrogen-bond acceptors (Lipinski definition) is 5. The van der Waals surface area contributed by atoms with E-state index >= 15 is 0 Å². The summed E-state index contributed by atoms with van der Waals surface area (Å²) >= 11 is 0. The molecule has 3 N–H and O–H groups in total. The highest BCUT2D eigenvalue weighted by Gasteiger charge is 2.45. The van der Waals surface area contributed by atoms with Crippen LogP contribution in [0.15, 0.2) is 24.3 Å². The van der Waals surface area contributed by atoms with Crippen LogP contribution in [0.1, 0.15) is 25.7 Å². The maximum atomic E-state index is 12.7. The van der Waals surface area contributed by atoms with Gasteiger partial charge in [-0.25, -0.2) is 0 Å². The van der Waals surface area contributed by atoms with Crippen molar-refractivity contribution in [2.24, 2.45) is 0 Å². The molecule has 2 amide bonds. The van der Waals surface area contributed by atoms with Crippen LogP contribution >= 0.6 is 0 Å². The molecule has 3 aliphatic heterocycles. The van der Waals surface area contributed by atoms with Gasteiger partial charge in [0.25, 0.3) is 0 Å². The summed E-state index contributed by atoms with van der Waals surface area (Å²) in [4.78, 5) is 29.1. The number of likely N-dealkylation sites (tertiary alicyclic amines) is 2. The zero-order valence-electron chi connectivity index (χ0n) is 14.9. The van der Waals surface area contributed by atoms with Crippen molar-refractivity contribution in [3.05, 3.63) is 24.3 Å². The van der Waals surface area contributed by atoms with Crippen LogP contribution in [0.4, 0.5) is 11.4 Å². The Bertz CT molecular complexity index is 700. The molecule has 2 fully saturated rings. The number of hydrogen-bond donors (Lipinski definition) is 3. The number of nitrogens with zero attached hydrogens (tertiary/aromatic N) is 2. The third-order valence-electron chi connectivity index (χ3n) is 5.79. The molecule has 0 unspecified atom stereocenters. The number of para-hydroxylation sites is 2. The summed E-state index contributed by atoms with van der Waals surface area (Å²) in [5, 5.41) is 16.2. The topological polar surface area (TPSA) is 84.9 Å². The minimum absolute atomic E-state index is 0.0116. The molecule has 4 rings (SSSR count). The van der Waals surface area contributed by atoms with Gasteiger partial charge in [-0.1, -0.05) is 12.1 Å². The third-order valence-corrected chi connectivity index (χ3v) is 5.79. The second-order valence-electron chi connectivity index (χ2n) is 7.62. The number of benzene rings is 1. The summed E-state index contributed by atoms with van der Waals surface area (Å²) in [7, 11) is 0. The molecule has 140 valence electrons. The predicted octanol–water partition coefficient (Wildman–Crippen LogP) is 0.869. The standard InChI is InChI=1S/C19H26N4O3/c24-14-4-3-9-22(12-14)13-17(25)23-10-7-19(8-11-23)18(26)20-15-5-1-2-6-16(15)21-19/h1-2,5-6,14,21,24H,3-4,7-13H2,(H,20,26)/t14-/m1/s1. The number of amides is 2. The first kappa shape index (κ1) is 17.3. The quantitative estimate of drug-likeness (QED) is 0.730. The SMILES string of the molecule is O=C(CN1CCC[C@@H](O)C1)N1CCC2(CC1)Nc1ccccc1NC2=O. The summed E-state index contributed by atoms with van der Waals surface area (Å²) in [5.41, 5.74) is 1.12. The minimum atomic E-state index is -0.632. The molecule has 2 saturated heterocycles. The summed E-state index contributed by atoms with van der Waals surface area (Å²) in [6.07, 6.45) is 2.62. The fraction of sp³-hybridized carbons (Fsp3) is 0.579. The third kappa shape index (κ3) is 3.29. The Morgan fingerprint density at radius 1 is 1.19 bits per heavy atom. The summed E-state index contributed by atoms with van der Waals surface area (Å²) in [6, 6.07) is 7.70. The lowest BCUT2D eigenvalue weighted by atomic mass is 9.84. The molecule has 0 radical (unpaired) electrons.